The van der Waals surface area contributed by atoms with Gasteiger partial charge in [-0.3, -0.25) is 18.9 Å². The number of rotatable bonds is 6. The van der Waals surface area contributed by atoms with E-state index in [1.807, 2.05) is 16.9 Å². The molecule has 1 aliphatic carbocycles. The van der Waals surface area contributed by atoms with Crippen LogP contribution in [0.5, 0.6) is 0 Å². The third-order valence-corrected chi connectivity index (χ3v) is 6.11. The highest BCUT2D eigenvalue weighted by Gasteiger charge is 2.23. The van der Waals surface area contributed by atoms with Gasteiger partial charge in [-0.1, -0.05) is 0 Å². The maximum atomic E-state index is 12.7. The number of piperazine rings is 1. The molecule has 0 spiro atoms. The molecule has 2 aromatic heterocycles. The van der Waals surface area contributed by atoms with Gasteiger partial charge in [0.25, 0.3) is 5.56 Å². The number of hydrogen-bond acceptors (Lipinski definition) is 5. The Labute approximate surface area is 170 Å². The Bertz CT molecular complexity index is 1060. The molecule has 0 N–H and O–H groups in total. The number of benzene rings is 1. The van der Waals surface area contributed by atoms with E-state index in [0.717, 1.165) is 62.4 Å². The zero-order valence-electron chi connectivity index (χ0n) is 17.0. The van der Waals surface area contributed by atoms with Crippen LogP contribution in [0.2, 0.25) is 0 Å². The average molecular weight is 393 g/mol. The number of aromatic nitrogens is 4. The molecule has 0 bridgehead atoms. The first-order valence-corrected chi connectivity index (χ1v) is 10.6. The predicted molar refractivity (Wildman–Crippen MR) is 114 cm³/mol. The Kier molecular flexibility index (Phi) is 4.83. The highest BCUT2D eigenvalue weighted by Crippen LogP contribution is 2.30. The summed E-state index contributed by atoms with van der Waals surface area (Å²) in [7, 11) is 0. The minimum absolute atomic E-state index is 0.0899. The van der Waals surface area contributed by atoms with Gasteiger partial charge in [0.2, 0.25) is 0 Å². The molecule has 0 amide bonds. The van der Waals surface area contributed by atoms with Crippen LogP contribution in [0.25, 0.3) is 10.9 Å². The first kappa shape index (κ1) is 18.4. The topological polar surface area (TPSA) is 59.2 Å². The van der Waals surface area contributed by atoms with E-state index in [2.05, 4.69) is 45.1 Å². The molecule has 0 unspecified atom stereocenters. The van der Waals surface area contributed by atoms with E-state index in [0.29, 0.717) is 5.92 Å². The van der Waals surface area contributed by atoms with Crippen LogP contribution in [-0.2, 0) is 13.1 Å². The number of nitrogens with zero attached hydrogens (tertiary/aromatic N) is 6. The molecule has 2 fully saturated rings. The van der Waals surface area contributed by atoms with E-state index in [9.17, 15) is 4.79 Å². The van der Waals surface area contributed by atoms with E-state index in [1.54, 1.807) is 10.9 Å². The Balaban J connectivity index is 1.22. The molecule has 152 valence electrons. The Morgan fingerprint density at radius 3 is 2.66 bits per heavy atom. The van der Waals surface area contributed by atoms with Crippen molar-refractivity contribution < 1.29 is 0 Å². The molecule has 3 heterocycles. The van der Waals surface area contributed by atoms with Crippen molar-refractivity contribution in [1.82, 2.24) is 24.2 Å². The molecular formula is C22H28N6O. The molecule has 7 nitrogen and oxygen atoms in total. The molecule has 1 saturated heterocycles. The van der Waals surface area contributed by atoms with E-state index in [-0.39, 0.29) is 5.56 Å². The van der Waals surface area contributed by atoms with Crippen LogP contribution in [0.3, 0.4) is 0 Å². The van der Waals surface area contributed by atoms with Gasteiger partial charge in [0.15, 0.2) is 0 Å². The van der Waals surface area contributed by atoms with Gasteiger partial charge in [0.05, 0.1) is 30.0 Å². The summed E-state index contributed by atoms with van der Waals surface area (Å²) in [4.78, 5) is 22.2. The Morgan fingerprint density at radius 1 is 1.10 bits per heavy atom. The number of hydrogen-bond donors (Lipinski definition) is 0. The lowest BCUT2D eigenvalue weighted by Crippen LogP contribution is -2.47. The number of anilines is 1. The van der Waals surface area contributed by atoms with Crippen LogP contribution < -0.4 is 10.5 Å². The fraction of sp³-hybridized carbons (Fsp3) is 0.500. The molecule has 3 aromatic rings. The first-order chi connectivity index (χ1) is 14.2. The van der Waals surface area contributed by atoms with Gasteiger partial charge in [0, 0.05) is 51.2 Å². The molecule has 29 heavy (non-hydrogen) atoms. The van der Waals surface area contributed by atoms with Crippen LogP contribution in [-0.4, -0.2) is 57.0 Å². The summed E-state index contributed by atoms with van der Waals surface area (Å²) < 4.78 is 3.80. The van der Waals surface area contributed by atoms with Crippen LogP contribution in [0, 0.1) is 12.8 Å². The second-order valence-corrected chi connectivity index (χ2v) is 8.46. The normalized spacial score (nSPS) is 17.9. The Morgan fingerprint density at radius 2 is 1.93 bits per heavy atom. The summed E-state index contributed by atoms with van der Waals surface area (Å²) in [5.74, 6) is 0.667. The van der Waals surface area contributed by atoms with Crippen LogP contribution in [0.4, 0.5) is 5.69 Å². The van der Waals surface area contributed by atoms with E-state index >= 15 is 0 Å². The van der Waals surface area contributed by atoms with Gasteiger partial charge in [-0.25, -0.2) is 4.98 Å². The van der Waals surface area contributed by atoms with Gasteiger partial charge < -0.3 is 4.90 Å². The fourth-order valence-electron chi connectivity index (χ4n) is 4.11. The van der Waals surface area contributed by atoms with Crippen molar-refractivity contribution in [3.63, 3.8) is 0 Å². The minimum Gasteiger partial charge on any atom is -0.369 e. The third kappa shape index (κ3) is 4.05. The molecule has 1 aromatic carbocycles. The lowest BCUT2D eigenvalue weighted by molar-refractivity contribution is 0.244. The van der Waals surface area contributed by atoms with Gasteiger partial charge in [-0.05, 0) is 49.4 Å². The second kappa shape index (κ2) is 7.63. The van der Waals surface area contributed by atoms with Gasteiger partial charge in [-0.2, -0.15) is 5.10 Å². The quantitative estimate of drug-likeness (QED) is 0.643. The zero-order chi connectivity index (χ0) is 19.8. The summed E-state index contributed by atoms with van der Waals surface area (Å²) in [6.07, 6.45) is 8.19. The summed E-state index contributed by atoms with van der Waals surface area (Å²) in [6, 6.07) is 6.10. The van der Waals surface area contributed by atoms with Crippen molar-refractivity contribution in [3.8, 4) is 0 Å². The number of aryl methyl sites for hydroxylation is 1. The average Bonchev–Trinajstić information content (AvgIpc) is 3.47. The predicted octanol–water partition coefficient (Wildman–Crippen LogP) is 2.13. The second-order valence-electron chi connectivity index (χ2n) is 8.46. The minimum atomic E-state index is 0.0899. The van der Waals surface area contributed by atoms with Crippen molar-refractivity contribution in [1.29, 1.82) is 0 Å². The fourth-order valence-corrected chi connectivity index (χ4v) is 4.11. The van der Waals surface area contributed by atoms with E-state index in [4.69, 9.17) is 0 Å². The van der Waals surface area contributed by atoms with Crippen molar-refractivity contribution in [2.75, 3.05) is 37.6 Å². The van der Waals surface area contributed by atoms with Crippen LogP contribution in [0.15, 0.2) is 41.7 Å². The molecule has 0 atom stereocenters. The summed E-state index contributed by atoms with van der Waals surface area (Å²) in [6.45, 7) is 8.89. The van der Waals surface area contributed by atoms with Crippen LogP contribution in [0.1, 0.15) is 18.4 Å². The molecule has 1 aliphatic heterocycles. The van der Waals surface area contributed by atoms with Gasteiger partial charge >= 0.3 is 0 Å². The SMILES string of the molecule is Cc1cnn(CCN2CCN(c3ccc4c(=O)n(CC5CC5)cnc4c3)CC2)c1. The van der Waals surface area contributed by atoms with Crippen molar-refractivity contribution >= 4 is 16.6 Å². The zero-order valence-corrected chi connectivity index (χ0v) is 17.0. The smallest absolute Gasteiger partial charge is 0.261 e. The lowest BCUT2D eigenvalue weighted by atomic mass is 10.2. The summed E-state index contributed by atoms with van der Waals surface area (Å²) >= 11 is 0. The monoisotopic (exact) mass is 392 g/mol. The summed E-state index contributed by atoms with van der Waals surface area (Å²) in [5.41, 5.74) is 3.26. The van der Waals surface area contributed by atoms with Gasteiger partial charge in [0.1, 0.15) is 0 Å². The molecule has 0 radical (unpaired) electrons. The first-order valence-electron chi connectivity index (χ1n) is 10.6. The molecular weight excluding hydrogens is 364 g/mol. The largest absolute Gasteiger partial charge is 0.369 e. The van der Waals surface area contributed by atoms with Crippen LogP contribution >= 0.6 is 0 Å². The standard InChI is InChI=1S/C22H28N6O/c1-17-13-24-28(14-17)11-8-25-6-9-26(10-7-25)19-4-5-20-21(12-19)23-16-27(22(20)29)15-18-2-3-18/h4-5,12-14,16,18H,2-3,6-11,15H2,1H3. The highest BCUT2D eigenvalue weighted by atomic mass is 16.1. The summed E-state index contributed by atoms with van der Waals surface area (Å²) in [5, 5.41) is 5.10. The van der Waals surface area contributed by atoms with Gasteiger partial charge in [-0.15, -0.1) is 0 Å². The number of fused-ring (bicyclic) bond motifs is 1. The molecule has 1 saturated carbocycles. The highest BCUT2D eigenvalue weighted by molar-refractivity contribution is 5.81. The molecule has 7 heteroatoms. The van der Waals surface area contributed by atoms with Crippen molar-refractivity contribution in [2.45, 2.75) is 32.9 Å². The van der Waals surface area contributed by atoms with Crippen molar-refractivity contribution in [3.05, 3.63) is 52.8 Å². The molecule has 5 rings (SSSR count). The van der Waals surface area contributed by atoms with E-state index < -0.39 is 0 Å². The third-order valence-electron chi connectivity index (χ3n) is 6.11. The van der Waals surface area contributed by atoms with Crippen molar-refractivity contribution in [2.24, 2.45) is 5.92 Å². The van der Waals surface area contributed by atoms with E-state index in [1.165, 1.54) is 18.4 Å². The Hall–Kier alpha value is -2.67. The molecule has 2 aliphatic rings. The maximum absolute atomic E-state index is 12.7. The lowest BCUT2D eigenvalue weighted by Gasteiger charge is -2.36. The maximum Gasteiger partial charge on any atom is 0.261 e.